The monoisotopic (exact) mass is 400 g/mol. The van der Waals surface area contributed by atoms with Crippen LogP contribution in [0.5, 0.6) is 17.4 Å². The summed E-state index contributed by atoms with van der Waals surface area (Å²) >= 11 is 0. The number of nitriles is 1. The summed E-state index contributed by atoms with van der Waals surface area (Å²) in [5, 5.41) is 16.5. The van der Waals surface area contributed by atoms with Crippen LogP contribution in [0.4, 0.5) is 0 Å². The highest BCUT2D eigenvalue weighted by Crippen LogP contribution is 2.34. The van der Waals surface area contributed by atoms with Gasteiger partial charge in [-0.15, -0.1) is 10.2 Å². The minimum Gasteiger partial charge on any atom is -0.490 e. The molecule has 1 aliphatic rings. The summed E-state index contributed by atoms with van der Waals surface area (Å²) in [6.45, 7) is 4.38. The molecular formula is C24H24N4O2. The molecule has 0 spiro atoms. The number of ether oxygens (including phenoxy) is 2. The van der Waals surface area contributed by atoms with E-state index < -0.39 is 0 Å². The molecule has 6 nitrogen and oxygen atoms in total. The van der Waals surface area contributed by atoms with Crippen LogP contribution in [-0.2, 0) is 5.41 Å². The first-order chi connectivity index (χ1) is 14.4. The Morgan fingerprint density at radius 2 is 1.50 bits per heavy atom. The molecule has 0 radical (unpaired) electrons. The highest BCUT2D eigenvalue weighted by atomic mass is 16.5. The fourth-order valence-electron chi connectivity index (χ4n) is 3.51. The molecule has 0 unspecified atom stereocenters. The quantitative estimate of drug-likeness (QED) is 0.662. The normalized spacial score (nSPS) is 18.2. The van der Waals surface area contributed by atoms with Crippen molar-refractivity contribution in [3.63, 3.8) is 0 Å². The van der Waals surface area contributed by atoms with Gasteiger partial charge < -0.3 is 15.2 Å². The molecule has 0 atom stereocenters. The molecule has 4 rings (SSSR count). The molecule has 1 fully saturated rings. The van der Waals surface area contributed by atoms with Crippen molar-refractivity contribution in [2.24, 2.45) is 5.73 Å². The molecule has 2 N–H and O–H groups in total. The van der Waals surface area contributed by atoms with E-state index in [-0.39, 0.29) is 23.3 Å². The van der Waals surface area contributed by atoms with Gasteiger partial charge in [0.15, 0.2) is 5.69 Å². The van der Waals surface area contributed by atoms with Crippen molar-refractivity contribution >= 4 is 0 Å². The zero-order valence-electron chi connectivity index (χ0n) is 17.1. The molecule has 1 aliphatic carbocycles. The van der Waals surface area contributed by atoms with Crippen LogP contribution in [0.2, 0.25) is 0 Å². The lowest BCUT2D eigenvalue weighted by Crippen LogP contribution is -2.43. The summed E-state index contributed by atoms with van der Waals surface area (Å²) < 4.78 is 11.7. The predicted octanol–water partition coefficient (Wildman–Crippen LogP) is 4.33. The Hall–Kier alpha value is -3.43. The third-order valence-corrected chi connectivity index (χ3v) is 5.56. The Balaban J connectivity index is 1.43. The van der Waals surface area contributed by atoms with Crippen molar-refractivity contribution in [3.05, 3.63) is 77.5 Å². The maximum atomic E-state index is 8.79. The van der Waals surface area contributed by atoms with Gasteiger partial charge in [0, 0.05) is 17.5 Å². The minimum atomic E-state index is -0.176. The molecule has 0 bridgehead atoms. The van der Waals surface area contributed by atoms with Gasteiger partial charge in [0.1, 0.15) is 23.7 Å². The zero-order chi connectivity index (χ0) is 21.1. The highest BCUT2D eigenvalue weighted by Gasteiger charge is 2.28. The van der Waals surface area contributed by atoms with E-state index in [4.69, 9.17) is 20.5 Å². The van der Waals surface area contributed by atoms with Gasteiger partial charge in [-0.3, -0.25) is 0 Å². The van der Waals surface area contributed by atoms with E-state index in [1.54, 1.807) is 12.1 Å². The van der Waals surface area contributed by atoms with Crippen LogP contribution in [0.25, 0.3) is 0 Å². The van der Waals surface area contributed by atoms with Crippen molar-refractivity contribution in [3.8, 4) is 23.4 Å². The van der Waals surface area contributed by atoms with E-state index in [0.717, 1.165) is 18.6 Å². The first kappa shape index (κ1) is 19.9. The van der Waals surface area contributed by atoms with E-state index in [0.29, 0.717) is 11.6 Å². The second-order valence-electron chi connectivity index (χ2n) is 8.12. The first-order valence-corrected chi connectivity index (χ1v) is 9.99. The number of nitrogens with two attached hydrogens (primary N) is 1. The Morgan fingerprint density at radius 1 is 0.900 bits per heavy atom. The summed E-state index contributed by atoms with van der Waals surface area (Å²) in [6, 6.07) is 21.6. The number of nitrogens with zero attached hydrogens (tertiary/aromatic N) is 3. The maximum Gasteiger partial charge on any atom is 0.238 e. The lowest BCUT2D eigenvalue weighted by Gasteiger charge is -2.33. The number of rotatable bonds is 6. The van der Waals surface area contributed by atoms with E-state index in [1.807, 2.05) is 42.5 Å². The second kappa shape index (κ2) is 8.13. The first-order valence-electron chi connectivity index (χ1n) is 9.99. The van der Waals surface area contributed by atoms with Gasteiger partial charge in [-0.1, -0.05) is 38.1 Å². The van der Waals surface area contributed by atoms with Crippen molar-refractivity contribution in [2.45, 2.75) is 44.2 Å². The van der Waals surface area contributed by atoms with Gasteiger partial charge in [0.05, 0.1) is 0 Å². The Kier molecular flexibility index (Phi) is 5.39. The van der Waals surface area contributed by atoms with Crippen molar-refractivity contribution in [1.82, 2.24) is 10.2 Å². The molecule has 3 aromatic rings. The molecule has 0 aliphatic heterocycles. The molecule has 30 heavy (non-hydrogen) atoms. The number of hydrogen-bond acceptors (Lipinski definition) is 6. The van der Waals surface area contributed by atoms with Crippen LogP contribution in [0.15, 0.2) is 60.7 Å². The fourth-order valence-corrected chi connectivity index (χ4v) is 3.51. The van der Waals surface area contributed by atoms with Crippen LogP contribution >= 0.6 is 0 Å². The van der Waals surface area contributed by atoms with Crippen molar-refractivity contribution in [2.75, 3.05) is 0 Å². The lowest BCUT2D eigenvalue weighted by atomic mass is 9.78. The SMILES string of the molecule is CC(C)(c1ccc(Oc2ccc(C#N)nn2)cc1)c1ccc(O[C@H]2C[C@H](N)C2)cc1. The molecule has 152 valence electrons. The zero-order valence-corrected chi connectivity index (χ0v) is 17.1. The molecule has 1 heterocycles. The standard InChI is InChI=1S/C24H24N4O2/c1-24(2,16-3-8-20(9-4-16)29-22-13-18(26)14-22)17-5-10-21(11-6-17)30-23-12-7-19(15-25)27-28-23/h3-12,18,22H,13-14,26H2,1-2H3/t18-,22-. The summed E-state index contributed by atoms with van der Waals surface area (Å²) in [4.78, 5) is 0. The van der Waals surface area contributed by atoms with Gasteiger partial charge in [0.25, 0.3) is 0 Å². The highest BCUT2D eigenvalue weighted by molar-refractivity contribution is 5.42. The topological polar surface area (TPSA) is 94.0 Å². The van der Waals surface area contributed by atoms with Crippen LogP contribution < -0.4 is 15.2 Å². The number of benzene rings is 2. The molecule has 0 amide bonds. The predicted molar refractivity (Wildman–Crippen MR) is 113 cm³/mol. The van der Waals surface area contributed by atoms with Crippen LogP contribution in [0.3, 0.4) is 0 Å². The van der Waals surface area contributed by atoms with E-state index in [1.165, 1.54) is 11.1 Å². The molecule has 0 saturated heterocycles. The van der Waals surface area contributed by atoms with Gasteiger partial charge in [-0.25, -0.2) is 0 Å². The molecule has 2 aromatic carbocycles. The van der Waals surface area contributed by atoms with E-state index in [2.05, 4.69) is 36.2 Å². The van der Waals surface area contributed by atoms with E-state index in [9.17, 15) is 0 Å². The third kappa shape index (κ3) is 4.27. The summed E-state index contributed by atoms with van der Waals surface area (Å²) in [5.41, 5.74) is 8.27. The molecule has 1 saturated carbocycles. The summed E-state index contributed by atoms with van der Waals surface area (Å²) in [7, 11) is 0. The van der Waals surface area contributed by atoms with Crippen molar-refractivity contribution in [1.29, 1.82) is 5.26 Å². The minimum absolute atomic E-state index is 0.176. The number of hydrogen-bond donors (Lipinski definition) is 1. The summed E-state index contributed by atoms with van der Waals surface area (Å²) in [6.07, 6.45) is 2.10. The third-order valence-electron chi connectivity index (χ3n) is 5.56. The van der Waals surface area contributed by atoms with Crippen LogP contribution in [-0.4, -0.2) is 22.3 Å². The van der Waals surface area contributed by atoms with Gasteiger partial charge in [-0.2, -0.15) is 5.26 Å². The molecule has 1 aromatic heterocycles. The molecule has 6 heteroatoms. The van der Waals surface area contributed by atoms with Gasteiger partial charge in [0.2, 0.25) is 5.88 Å². The van der Waals surface area contributed by atoms with Crippen LogP contribution in [0.1, 0.15) is 43.5 Å². The summed E-state index contributed by atoms with van der Waals surface area (Å²) in [5.74, 6) is 1.90. The average Bonchev–Trinajstić information content (AvgIpc) is 2.74. The Morgan fingerprint density at radius 3 is 2.00 bits per heavy atom. The molecular weight excluding hydrogens is 376 g/mol. The number of aromatic nitrogens is 2. The average molecular weight is 400 g/mol. The van der Waals surface area contributed by atoms with E-state index >= 15 is 0 Å². The Labute approximate surface area is 176 Å². The van der Waals surface area contributed by atoms with Crippen molar-refractivity contribution < 1.29 is 9.47 Å². The lowest BCUT2D eigenvalue weighted by molar-refractivity contribution is 0.101. The van der Waals surface area contributed by atoms with Crippen LogP contribution in [0, 0.1) is 11.3 Å². The largest absolute Gasteiger partial charge is 0.490 e. The van der Waals surface area contributed by atoms with Gasteiger partial charge >= 0.3 is 0 Å². The fraction of sp³-hybridized carbons (Fsp3) is 0.292. The second-order valence-corrected chi connectivity index (χ2v) is 8.12. The Bertz CT molecular complexity index is 1030. The van der Waals surface area contributed by atoms with Gasteiger partial charge in [-0.05, 0) is 54.3 Å². The maximum absolute atomic E-state index is 8.79. The smallest absolute Gasteiger partial charge is 0.238 e.